The van der Waals surface area contributed by atoms with Crippen molar-refractivity contribution in [3.8, 4) is 5.75 Å². The molecule has 3 rings (SSSR count). The molecule has 2 aliphatic heterocycles. The predicted octanol–water partition coefficient (Wildman–Crippen LogP) is -0.271. The molecule has 0 radical (unpaired) electrons. The number of phenols is 1. The molecular formula is C24H34N2O9. The number of aliphatic hydroxyl groups is 3. The highest BCUT2D eigenvalue weighted by atomic mass is 16.7. The number of fused-ring (bicyclic) bond motifs is 1. The van der Waals surface area contributed by atoms with Crippen LogP contribution >= 0.6 is 0 Å². The number of aromatic hydroxyl groups is 1. The van der Waals surface area contributed by atoms with Crippen LogP contribution in [0.4, 0.5) is 0 Å². The van der Waals surface area contributed by atoms with Crippen molar-refractivity contribution in [1.29, 1.82) is 0 Å². The number of hydrogen-bond donors (Lipinski definition) is 6. The van der Waals surface area contributed by atoms with Crippen molar-refractivity contribution in [3.05, 3.63) is 29.3 Å². The lowest BCUT2D eigenvalue weighted by molar-refractivity contribution is -0.206. The van der Waals surface area contributed by atoms with Crippen LogP contribution in [0.5, 0.6) is 5.75 Å². The van der Waals surface area contributed by atoms with Crippen LogP contribution in [-0.4, -0.2) is 80.5 Å². The largest absolute Gasteiger partial charge is 0.507 e. The summed E-state index contributed by atoms with van der Waals surface area (Å²) < 4.78 is 10.5. The van der Waals surface area contributed by atoms with Crippen LogP contribution in [0.1, 0.15) is 56.5 Å². The van der Waals surface area contributed by atoms with Gasteiger partial charge in [0.2, 0.25) is 5.79 Å². The second-order valence-electron chi connectivity index (χ2n) is 9.87. The van der Waals surface area contributed by atoms with Gasteiger partial charge in [-0.2, -0.15) is 0 Å². The quantitative estimate of drug-likeness (QED) is 0.277. The fourth-order valence-corrected chi connectivity index (χ4v) is 4.42. The summed E-state index contributed by atoms with van der Waals surface area (Å²) in [7, 11) is 0. The van der Waals surface area contributed by atoms with Gasteiger partial charge in [-0.3, -0.25) is 9.59 Å². The highest BCUT2D eigenvalue weighted by Gasteiger charge is 2.43. The molecule has 0 spiro atoms. The van der Waals surface area contributed by atoms with Gasteiger partial charge in [-0.05, 0) is 30.9 Å². The summed E-state index contributed by atoms with van der Waals surface area (Å²) in [6.45, 7) is 6.67. The maximum Gasteiger partial charge on any atom is 0.342 e. The van der Waals surface area contributed by atoms with Gasteiger partial charge in [0.15, 0.2) is 6.10 Å². The van der Waals surface area contributed by atoms with E-state index in [1.54, 1.807) is 12.1 Å². The van der Waals surface area contributed by atoms with E-state index in [2.05, 4.69) is 10.6 Å². The van der Waals surface area contributed by atoms with Gasteiger partial charge >= 0.3 is 11.9 Å². The van der Waals surface area contributed by atoms with Gasteiger partial charge in [0.05, 0.1) is 18.5 Å². The van der Waals surface area contributed by atoms with Crippen molar-refractivity contribution in [2.45, 2.75) is 89.2 Å². The molecular weight excluding hydrogens is 460 g/mol. The Morgan fingerprint density at radius 3 is 2.60 bits per heavy atom. The number of hydrogen-bond acceptors (Lipinski definition) is 10. The van der Waals surface area contributed by atoms with E-state index in [1.807, 2.05) is 13.8 Å². The van der Waals surface area contributed by atoms with E-state index in [0.29, 0.717) is 12.0 Å². The Labute approximate surface area is 203 Å². The fraction of sp³-hybridized carbons (Fsp3) is 0.625. The number of phenolic OH excluding ortho intramolecular Hbond substituents is 1. The van der Waals surface area contributed by atoms with Crippen molar-refractivity contribution in [2.75, 3.05) is 0 Å². The number of rotatable bonds is 7. The van der Waals surface area contributed by atoms with E-state index >= 15 is 0 Å². The first kappa shape index (κ1) is 26.9. The van der Waals surface area contributed by atoms with E-state index in [4.69, 9.17) is 9.47 Å². The Morgan fingerprint density at radius 1 is 1.26 bits per heavy atom. The third-order valence-electron chi connectivity index (χ3n) is 6.49. The number of ether oxygens (including phenoxy) is 2. The third-order valence-corrected chi connectivity index (χ3v) is 6.49. The fourth-order valence-electron chi connectivity index (χ4n) is 4.42. The van der Waals surface area contributed by atoms with Crippen molar-refractivity contribution in [1.82, 2.24) is 10.6 Å². The summed E-state index contributed by atoms with van der Waals surface area (Å²) in [5.74, 6) is -4.32. The molecule has 35 heavy (non-hydrogen) atoms. The number of carbonyl (C=O) groups is 3. The zero-order chi connectivity index (χ0) is 26.1. The van der Waals surface area contributed by atoms with E-state index in [9.17, 15) is 34.8 Å². The Morgan fingerprint density at radius 2 is 1.94 bits per heavy atom. The Bertz CT molecular complexity index is 964. The normalized spacial score (nSPS) is 29.3. The van der Waals surface area contributed by atoms with Gasteiger partial charge in [0.25, 0.3) is 5.91 Å². The van der Waals surface area contributed by atoms with Gasteiger partial charge < -0.3 is 40.5 Å². The molecule has 2 aliphatic rings. The molecule has 1 amide bonds. The van der Waals surface area contributed by atoms with E-state index < -0.39 is 60.1 Å². The molecule has 7 unspecified atom stereocenters. The number of aliphatic hydroxyl groups excluding tert-OH is 2. The summed E-state index contributed by atoms with van der Waals surface area (Å²) in [5.41, 5.74) is 0.669. The highest BCUT2D eigenvalue weighted by molar-refractivity contribution is 5.95. The van der Waals surface area contributed by atoms with Crippen LogP contribution in [-0.2, 0) is 25.5 Å². The van der Waals surface area contributed by atoms with Gasteiger partial charge in [0, 0.05) is 19.4 Å². The third kappa shape index (κ3) is 6.10. The molecule has 2 heterocycles. The Kier molecular flexibility index (Phi) is 8.05. The van der Waals surface area contributed by atoms with E-state index in [0.717, 1.165) is 0 Å². The minimum absolute atomic E-state index is 0.0881. The van der Waals surface area contributed by atoms with Crippen LogP contribution in [0.15, 0.2) is 18.2 Å². The molecule has 11 nitrogen and oxygen atoms in total. The maximum absolute atomic E-state index is 12.9. The molecule has 0 aliphatic carbocycles. The van der Waals surface area contributed by atoms with Gasteiger partial charge in [0.1, 0.15) is 23.5 Å². The molecule has 1 fully saturated rings. The average molecular weight is 495 g/mol. The van der Waals surface area contributed by atoms with Crippen LogP contribution in [0.25, 0.3) is 0 Å². The molecule has 6 N–H and O–H groups in total. The molecule has 0 bridgehead atoms. The predicted molar refractivity (Wildman–Crippen MR) is 122 cm³/mol. The second kappa shape index (κ2) is 10.5. The first-order chi connectivity index (χ1) is 16.3. The van der Waals surface area contributed by atoms with Gasteiger partial charge in [-0.25, -0.2) is 4.79 Å². The first-order valence-corrected chi connectivity index (χ1v) is 11.7. The molecule has 0 saturated carbocycles. The van der Waals surface area contributed by atoms with Crippen LogP contribution in [0.2, 0.25) is 0 Å². The minimum Gasteiger partial charge on any atom is -0.507 e. The van der Waals surface area contributed by atoms with Crippen LogP contribution in [0, 0.1) is 5.92 Å². The number of esters is 2. The van der Waals surface area contributed by atoms with Gasteiger partial charge in [-0.1, -0.05) is 26.0 Å². The number of nitrogens with one attached hydrogen (secondary N) is 2. The standard InChI is InChI=1S/C24H34N2O9/c1-11(2)8-14(17-9-13-6-5-7-16(27)19(13)23(32)34-17)26-22(31)21(30)20(29)15-10-18(28)35-24(4,33)12(3)25-15/h5-7,11-12,14-15,17,20-21,25,27,29-30,33H,8-10H2,1-4H3,(H,26,31). The monoisotopic (exact) mass is 494 g/mol. The number of cyclic esters (lactones) is 2. The lowest BCUT2D eigenvalue weighted by Gasteiger charge is -2.34. The summed E-state index contributed by atoms with van der Waals surface area (Å²) in [5, 5.41) is 47.0. The Hall–Kier alpha value is -2.73. The van der Waals surface area contributed by atoms with Crippen molar-refractivity contribution >= 4 is 17.8 Å². The van der Waals surface area contributed by atoms with Crippen molar-refractivity contribution < 1.29 is 44.3 Å². The summed E-state index contributed by atoms with van der Waals surface area (Å²) in [6, 6.07) is 2.18. The molecule has 0 aromatic heterocycles. The Balaban J connectivity index is 1.73. The summed E-state index contributed by atoms with van der Waals surface area (Å²) in [6.07, 6.45) is -4.08. The lowest BCUT2D eigenvalue weighted by atomic mass is 9.90. The molecule has 1 aromatic rings. The minimum atomic E-state index is -1.92. The summed E-state index contributed by atoms with van der Waals surface area (Å²) in [4.78, 5) is 37.5. The smallest absolute Gasteiger partial charge is 0.342 e. The van der Waals surface area contributed by atoms with Crippen molar-refractivity contribution in [3.63, 3.8) is 0 Å². The first-order valence-electron chi connectivity index (χ1n) is 11.7. The number of carbonyl (C=O) groups excluding carboxylic acids is 3. The molecule has 7 atom stereocenters. The zero-order valence-electron chi connectivity index (χ0n) is 20.2. The topological polar surface area (TPSA) is 175 Å². The van der Waals surface area contributed by atoms with Crippen LogP contribution in [0.3, 0.4) is 0 Å². The van der Waals surface area contributed by atoms with Gasteiger partial charge in [-0.15, -0.1) is 0 Å². The highest BCUT2D eigenvalue weighted by Crippen LogP contribution is 2.30. The maximum atomic E-state index is 12.9. The molecule has 1 saturated heterocycles. The second-order valence-corrected chi connectivity index (χ2v) is 9.87. The van der Waals surface area contributed by atoms with E-state index in [-0.39, 0.29) is 30.1 Å². The lowest BCUT2D eigenvalue weighted by Crippen LogP contribution is -2.58. The van der Waals surface area contributed by atoms with Crippen molar-refractivity contribution in [2.24, 2.45) is 5.92 Å². The van der Waals surface area contributed by atoms with E-state index in [1.165, 1.54) is 19.9 Å². The summed E-state index contributed by atoms with van der Waals surface area (Å²) >= 11 is 0. The molecule has 1 aromatic carbocycles. The number of amides is 1. The SMILES string of the molecule is CC(C)CC(NC(=O)C(O)C(O)C1CC(=O)OC(C)(O)C(C)N1)C1Cc2cccc(O)c2C(=O)O1. The average Bonchev–Trinajstić information content (AvgIpc) is 2.85. The molecule has 11 heteroatoms. The van der Waals surface area contributed by atoms with Crippen LogP contribution < -0.4 is 10.6 Å². The zero-order valence-corrected chi connectivity index (χ0v) is 20.2. The molecule has 194 valence electrons. The number of benzene rings is 1.